The van der Waals surface area contributed by atoms with E-state index in [2.05, 4.69) is 10.3 Å². The number of hydrogen-bond acceptors (Lipinski definition) is 3. The number of benzene rings is 1. The lowest BCUT2D eigenvalue weighted by molar-refractivity contribution is -0.137. The molecular weight excluding hydrogens is 309 g/mol. The summed E-state index contributed by atoms with van der Waals surface area (Å²) in [6.45, 7) is 0. The second-order valence-corrected chi connectivity index (χ2v) is 5.41. The maximum atomic E-state index is 12.8. The summed E-state index contributed by atoms with van der Waals surface area (Å²) in [6, 6.07) is 8.82. The molecule has 0 fully saturated rings. The van der Waals surface area contributed by atoms with Crippen LogP contribution < -0.4 is 5.32 Å². The third-order valence-corrected chi connectivity index (χ3v) is 3.60. The highest BCUT2D eigenvalue weighted by molar-refractivity contribution is 7.99. The van der Waals surface area contributed by atoms with Crippen LogP contribution in [0.4, 0.5) is 19.0 Å². The Morgan fingerprint density at radius 1 is 1.15 bits per heavy atom. The smallest absolute Gasteiger partial charge is 0.373 e. The van der Waals surface area contributed by atoms with Crippen LogP contribution in [-0.2, 0) is 6.18 Å². The van der Waals surface area contributed by atoms with Gasteiger partial charge in [-0.15, -0.1) is 0 Å². The molecule has 0 spiro atoms. The molecule has 1 heterocycles. The quantitative estimate of drug-likeness (QED) is 0.867. The molecule has 0 amide bonds. The zero-order valence-corrected chi connectivity index (χ0v) is 11.9. The van der Waals surface area contributed by atoms with Crippen molar-refractivity contribution < 1.29 is 13.2 Å². The lowest BCUT2D eigenvalue weighted by Gasteiger charge is -2.11. The van der Waals surface area contributed by atoms with Crippen molar-refractivity contribution in [2.45, 2.75) is 16.1 Å². The van der Waals surface area contributed by atoms with E-state index >= 15 is 0 Å². The average molecular weight is 319 g/mol. The molecule has 0 aliphatic rings. The molecule has 0 radical (unpaired) electrons. The molecule has 0 aliphatic heterocycles. The lowest BCUT2D eigenvalue weighted by atomic mass is 10.2. The van der Waals surface area contributed by atoms with Gasteiger partial charge < -0.3 is 5.32 Å². The minimum absolute atomic E-state index is 0.177. The predicted molar refractivity (Wildman–Crippen MR) is 74.4 cm³/mol. The Morgan fingerprint density at radius 2 is 1.80 bits per heavy atom. The number of pyridine rings is 1. The fraction of sp³-hybridized carbons (Fsp3) is 0.154. The Balaban J connectivity index is 2.33. The van der Waals surface area contributed by atoms with Gasteiger partial charge in [-0.2, -0.15) is 13.2 Å². The first kappa shape index (κ1) is 15.0. The van der Waals surface area contributed by atoms with Crippen molar-refractivity contribution in [3.63, 3.8) is 0 Å². The van der Waals surface area contributed by atoms with Crippen LogP contribution in [0.2, 0.25) is 5.02 Å². The molecule has 7 heteroatoms. The lowest BCUT2D eigenvalue weighted by Crippen LogP contribution is -2.07. The molecule has 0 saturated carbocycles. The van der Waals surface area contributed by atoms with E-state index in [-0.39, 0.29) is 10.8 Å². The number of nitrogens with zero attached hydrogens (tertiary/aromatic N) is 1. The van der Waals surface area contributed by atoms with Gasteiger partial charge in [0.25, 0.3) is 0 Å². The van der Waals surface area contributed by atoms with Crippen molar-refractivity contribution in [2.24, 2.45) is 0 Å². The Hall–Kier alpha value is -1.40. The van der Waals surface area contributed by atoms with Crippen LogP contribution in [0.5, 0.6) is 0 Å². The second-order valence-electron chi connectivity index (χ2n) is 3.88. The summed E-state index contributed by atoms with van der Waals surface area (Å²) in [5, 5.41) is 3.47. The van der Waals surface area contributed by atoms with E-state index in [0.717, 1.165) is 28.8 Å². The van der Waals surface area contributed by atoms with Crippen LogP contribution in [0, 0.1) is 0 Å². The van der Waals surface area contributed by atoms with Crippen LogP contribution in [0.15, 0.2) is 46.3 Å². The third kappa shape index (κ3) is 3.80. The van der Waals surface area contributed by atoms with Crippen LogP contribution in [0.3, 0.4) is 0 Å². The van der Waals surface area contributed by atoms with Gasteiger partial charge in [-0.25, -0.2) is 4.98 Å². The highest BCUT2D eigenvalue weighted by Crippen LogP contribution is 2.35. The van der Waals surface area contributed by atoms with Gasteiger partial charge in [0.2, 0.25) is 0 Å². The Bertz CT molecular complexity index is 600. The highest BCUT2D eigenvalue weighted by atomic mass is 35.5. The molecule has 1 aromatic heterocycles. The Morgan fingerprint density at radius 3 is 2.35 bits per heavy atom. The fourth-order valence-electron chi connectivity index (χ4n) is 1.47. The summed E-state index contributed by atoms with van der Waals surface area (Å²) in [5.41, 5.74) is -0.728. The van der Waals surface area contributed by atoms with E-state index in [4.69, 9.17) is 11.6 Å². The van der Waals surface area contributed by atoms with Gasteiger partial charge in [-0.1, -0.05) is 23.4 Å². The summed E-state index contributed by atoms with van der Waals surface area (Å²) >= 11 is 6.91. The van der Waals surface area contributed by atoms with Gasteiger partial charge in [0.1, 0.15) is 10.8 Å². The first-order valence-corrected chi connectivity index (χ1v) is 6.78. The predicted octanol–water partition coefficient (Wildman–Crippen LogP) is 4.95. The van der Waals surface area contributed by atoms with Crippen molar-refractivity contribution in [2.75, 3.05) is 12.4 Å². The van der Waals surface area contributed by atoms with Crippen molar-refractivity contribution >= 4 is 29.2 Å². The van der Waals surface area contributed by atoms with Crippen LogP contribution >= 0.6 is 23.4 Å². The van der Waals surface area contributed by atoms with Crippen LogP contribution in [0.1, 0.15) is 5.56 Å². The van der Waals surface area contributed by atoms with E-state index in [1.54, 1.807) is 24.3 Å². The number of nitrogens with one attached hydrogen (secondary N) is 1. The molecule has 0 atom stereocenters. The molecular formula is C13H10ClF3N2S. The summed E-state index contributed by atoms with van der Waals surface area (Å²) in [7, 11) is 1.53. The molecule has 2 aromatic rings. The van der Waals surface area contributed by atoms with Gasteiger partial charge in [0.05, 0.1) is 5.56 Å². The molecule has 0 unspecified atom stereocenters. The van der Waals surface area contributed by atoms with E-state index in [1.807, 2.05) is 0 Å². The summed E-state index contributed by atoms with van der Waals surface area (Å²) in [6.07, 6.45) is -4.40. The number of alkyl halides is 3. The molecule has 20 heavy (non-hydrogen) atoms. The maximum Gasteiger partial charge on any atom is 0.416 e. The third-order valence-electron chi connectivity index (χ3n) is 2.42. The first-order chi connectivity index (χ1) is 9.38. The van der Waals surface area contributed by atoms with Crippen molar-refractivity contribution in [1.29, 1.82) is 0 Å². The SMILES string of the molecule is CNc1cc(C(F)(F)F)cc(Sc2ccc(Cl)cc2)n1. The fourth-order valence-corrected chi connectivity index (χ4v) is 2.44. The van der Waals surface area contributed by atoms with Gasteiger partial charge in [0.15, 0.2) is 0 Å². The maximum absolute atomic E-state index is 12.8. The van der Waals surface area contributed by atoms with E-state index < -0.39 is 11.7 Å². The molecule has 2 nitrogen and oxygen atoms in total. The minimum atomic E-state index is -4.40. The molecule has 106 valence electrons. The molecule has 0 bridgehead atoms. The van der Waals surface area contributed by atoms with E-state index in [0.29, 0.717) is 5.02 Å². The van der Waals surface area contributed by atoms with Crippen LogP contribution in [-0.4, -0.2) is 12.0 Å². The molecule has 2 rings (SSSR count). The van der Waals surface area contributed by atoms with E-state index in [1.165, 1.54) is 7.05 Å². The Labute approximate surface area is 123 Å². The normalized spacial score (nSPS) is 11.4. The standard InChI is InChI=1S/C13H10ClF3N2S/c1-18-11-6-8(13(15,16)17)7-12(19-11)20-10-4-2-9(14)3-5-10/h2-7H,1H3,(H,18,19). The zero-order chi connectivity index (χ0) is 14.8. The minimum Gasteiger partial charge on any atom is -0.373 e. The average Bonchev–Trinajstić information content (AvgIpc) is 2.40. The van der Waals surface area contributed by atoms with Gasteiger partial charge in [0, 0.05) is 17.0 Å². The number of rotatable bonds is 3. The molecule has 1 aromatic carbocycles. The van der Waals surface area contributed by atoms with Gasteiger partial charge in [-0.05, 0) is 36.4 Å². The number of aromatic nitrogens is 1. The number of hydrogen-bond donors (Lipinski definition) is 1. The largest absolute Gasteiger partial charge is 0.416 e. The first-order valence-electron chi connectivity index (χ1n) is 5.59. The van der Waals surface area contributed by atoms with Crippen LogP contribution in [0.25, 0.3) is 0 Å². The molecule has 0 saturated heterocycles. The number of halogens is 4. The van der Waals surface area contributed by atoms with Gasteiger partial charge in [-0.3, -0.25) is 0 Å². The topological polar surface area (TPSA) is 24.9 Å². The molecule has 0 aliphatic carbocycles. The summed E-state index contributed by atoms with van der Waals surface area (Å²) in [4.78, 5) is 4.87. The van der Waals surface area contributed by atoms with Gasteiger partial charge >= 0.3 is 6.18 Å². The van der Waals surface area contributed by atoms with E-state index in [9.17, 15) is 13.2 Å². The summed E-state index contributed by atoms with van der Waals surface area (Å²) in [5.74, 6) is 0.177. The number of anilines is 1. The highest BCUT2D eigenvalue weighted by Gasteiger charge is 2.31. The van der Waals surface area contributed by atoms with Crippen molar-refractivity contribution in [1.82, 2.24) is 4.98 Å². The summed E-state index contributed by atoms with van der Waals surface area (Å²) < 4.78 is 38.4. The Kier molecular flexibility index (Phi) is 4.45. The molecule has 1 N–H and O–H groups in total. The van der Waals surface area contributed by atoms with Crippen molar-refractivity contribution in [3.8, 4) is 0 Å². The zero-order valence-electron chi connectivity index (χ0n) is 10.3. The monoisotopic (exact) mass is 318 g/mol. The second kappa shape index (κ2) is 5.93. The van der Waals surface area contributed by atoms with Crippen molar-refractivity contribution in [3.05, 3.63) is 47.0 Å².